The monoisotopic (exact) mass is 335 g/mol. The van der Waals surface area contributed by atoms with Gasteiger partial charge in [-0.15, -0.1) is 12.4 Å². The van der Waals surface area contributed by atoms with Gasteiger partial charge in [0.15, 0.2) is 5.82 Å². The van der Waals surface area contributed by atoms with Crippen LogP contribution in [-0.4, -0.2) is 9.97 Å². The maximum Gasteiger partial charge on any atom is 0.162 e. The first-order valence-corrected chi connectivity index (χ1v) is 6.31. The zero-order chi connectivity index (χ0) is 12.5. The van der Waals surface area contributed by atoms with Gasteiger partial charge >= 0.3 is 0 Å². The van der Waals surface area contributed by atoms with Crippen LogP contribution in [0.2, 0.25) is 0 Å². The van der Waals surface area contributed by atoms with Gasteiger partial charge in [0.1, 0.15) is 5.82 Å². The number of hydrogen-bond donors (Lipinski definition) is 1. The number of aromatic nitrogens is 2. The third-order valence-corrected chi connectivity index (χ3v) is 3.21. The predicted octanol–water partition coefficient (Wildman–Crippen LogP) is 4.06. The Kier molecular flexibility index (Phi) is 4.02. The van der Waals surface area contributed by atoms with Gasteiger partial charge in [0.2, 0.25) is 0 Å². The molecule has 0 aliphatic carbocycles. The molecule has 19 heavy (non-hydrogen) atoms. The van der Waals surface area contributed by atoms with Crippen molar-refractivity contribution in [3.05, 3.63) is 53.0 Å². The van der Waals surface area contributed by atoms with E-state index in [-0.39, 0.29) is 12.4 Å². The smallest absolute Gasteiger partial charge is 0.162 e. The van der Waals surface area contributed by atoms with Gasteiger partial charge in [-0.05, 0) is 24.3 Å². The zero-order valence-electron chi connectivity index (χ0n) is 9.88. The van der Waals surface area contributed by atoms with Gasteiger partial charge in [0, 0.05) is 15.4 Å². The maximum absolute atomic E-state index is 5.97. The lowest BCUT2D eigenvalue weighted by molar-refractivity contribution is 1.23. The first-order chi connectivity index (χ1) is 8.74. The molecule has 0 unspecified atom stereocenters. The van der Waals surface area contributed by atoms with Crippen LogP contribution >= 0.6 is 28.3 Å². The molecule has 0 aliphatic heterocycles. The molecular formula is C14H11BrClN3. The van der Waals surface area contributed by atoms with Crippen molar-refractivity contribution < 1.29 is 0 Å². The quantitative estimate of drug-likeness (QED) is 0.729. The molecule has 0 saturated heterocycles. The predicted molar refractivity (Wildman–Crippen MR) is 84.3 cm³/mol. The van der Waals surface area contributed by atoms with Crippen molar-refractivity contribution in [1.82, 2.24) is 9.97 Å². The summed E-state index contributed by atoms with van der Waals surface area (Å²) < 4.78 is 0.996. The van der Waals surface area contributed by atoms with Crippen LogP contribution < -0.4 is 5.73 Å². The lowest BCUT2D eigenvalue weighted by Gasteiger charge is -2.05. The number of fused-ring (bicyclic) bond motifs is 1. The molecule has 0 spiro atoms. The highest BCUT2D eigenvalue weighted by atomic mass is 79.9. The third kappa shape index (κ3) is 2.69. The number of nitrogens with two attached hydrogens (primary N) is 1. The Labute approximate surface area is 125 Å². The lowest BCUT2D eigenvalue weighted by atomic mass is 10.2. The highest BCUT2D eigenvalue weighted by molar-refractivity contribution is 9.10. The summed E-state index contributed by atoms with van der Waals surface area (Å²) in [7, 11) is 0. The number of hydrogen-bond acceptors (Lipinski definition) is 3. The molecule has 2 N–H and O–H groups in total. The second kappa shape index (κ2) is 5.55. The number of anilines is 1. The molecule has 3 nitrogen and oxygen atoms in total. The summed E-state index contributed by atoms with van der Waals surface area (Å²) in [6.45, 7) is 0. The van der Waals surface area contributed by atoms with Crippen molar-refractivity contribution in [1.29, 1.82) is 0 Å². The maximum atomic E-state index is 5.97. The van der Waals surface area contributed by atoms with Crippen molar-refractivity contribution in [3.63, 3.8) is 0 Å². The molecule has 0 amide bonds. The van der Waals surface area contributed by atoms with E-state index in [2.05, 4.69) is 25.9 Å². The van der Waals surface area contributed by atoms with Gasteiger partial charge in [-0.1, -0.05) is 40.2 Å². The highest BCUT2D eigenvalue weighted by Crippen LogP contribution is 2.24. The van der Waals surface area contributed by atoms with E-state index in [4.69, 9.17) is 5.73 Å². The second-order valence-corrected chi connectivity index (χ2v) is 4.88. The summed E-state index contributed by atoms with van der Waals surface area (Å²) in [6.07, 6.45) is 0. The number of benzene rings is 2. The Morgan fingerprint density at radius 3 is 2.53 bits per heavy atom. The molecule has 96 valence electrons. The van der Waals surface area contributed by atoms with E-state index in [0.29, 0.717) is 11.6 Å². The lowest BCUT2D eigenvalue weighted by Crippen LogP contribution is -1.97. The number of rotatable bonds is 1. The normalized spacial score (nSPS) is 10.2. The molecule has 2 aromatic carbocycles. The highest BCUT2D eigenvalue weighted by Gasteiger charge is 2.06. The van der Waals surface area contributed by atoms with Crippen LogP contribution in [0.3, 0.4) is 0 Å². The van der Waals surface area contributed by atoms with Crippen molar-refractivity contribution in [2.24, 2.45) is 0 Å². The third-order valence-electron chi connectivity index (χ3n) is 2.72. The number of halogens is 2. The molecule has 0 aliphatic rings. The molecule has 1 heterocycles. The summed E-state index contributed by atoms with van der Waals surface area (Å²) in [4.78, 5) is 8.89. The Hall–Kier alpha value is -1.65. The molecule has 0 radical (unpaired) electrons. The summed E-state index contributed by atoms with van der Waals surface area (Å²) in [5.41, 5.74) is 7.78. The van der Waals surface area contributed by atoms with Crippen LogP contribution in [0.1, 0.15) is 0 Å². The Balaban J connectivity index is 0.00000133. The molecule has 0 bridgehead atoms. The molecular weight excluding hydrogens is 326 g/mol. The Bertz CT molecular complexity index is 731. The first-order valence-electron chi connectivity index (χ1n) is 5.52. The standard InChI is InChI=1S/C14H10BrN3.ClH/c15-10-5-3-4-9(8-10)14-17-12-7-2-1-6-11(12)13(16)18-14;/h1-8H,(H2,16,17,18);1H. The average molecular weight is 337 g/mol. The SMILES string of the molecule is Cl.Nc1nc(-c2cccc(Br)c2)nc2ccccc12. The average Bonchev–Trinajstić information content (AvgIpc) is 2.39. The fraction of sp³-hybridized carbons (Fsp3) is 0. The van der Waals surface area contributed by atoms with Gasteiger partial charge in [-0.2, -0.15) is 0 Å². The van der Waals surface area contributed by atoms with Crippen LogP contribution in [0.15, 0.2) is 53.0 Å². The van der Waals surface area contributed by atoms with Gasteiger partial charge in [-0.3, -0.25) is 0 Å². The summed E-state index contributed by atoms with van der Waals surface area (Å²) in [6, 6.07) is 15.6. The van der Waals surface area contributed by atoms with E-state index in [1.807, 2.05) is 48.5 Å². The van der Waals surface area contributed by atoms with Crippen LogP contribution in [0.4, 0.5) is 5.82 Å². The van der Waals surface area contributed by atoms with Gasteiger partial charge in [0.05, 0.1) is 5.52 Å². The Morgan fingerprint density at radius 1 is 0.947 bits per heavy atom. The van der Waals surface area contributed by atoms with E-state index < -0.39 is 0 Å². The van der Waals surface area contributed by atoms with E-state index >= 15 is 0 Å². The molecule has 1 aromatic heterocycles. The van der Waals surface area contributed by atoms with Crippen molar-refractivity contribution in [2.75, 3.05) is 5.73 Å². The minimum absolute atomic E-state index is 0. The van der Waals surface area contributed by atoms with Crippen LogP contribution in [0, 0.1) is 0 Å². The molecule has 0 saturated carbocycles. The van der Waals surface area contributed by atoms with Crippen LogP contribution in [0.5, 0.6) is 0 Å². The molecule has 5 heteroatoms. The van der Waals surface area contributed by atoms with E-state index in [1.54, 1.807) is 0 Å². The number of para-hydroxylation sites is 1. The minimum atomic E-state index is 0. The topological polar surface area (TPSA) is 51.8 Å². The Morgan fingerprint density at radius 2 is 1.74 bits per heavy atom. The number of nitrogen functional groups attached to an aromatic ring is 1. The summed E-state index contributed by atoms with van der Waals surface area (Å²) in [5, 5.41) is 0.885. The zero-order valence-corrected chi connectivity index (χ0v) is 12.3. The fourth-order valence-corrected chi connectivity index (χ4v) is 2.26. The number of nitrogens with zero attached hydrogens (tertiary/aromatic N) is 2. The van der Waals surface area contributed by atoms with Crippen molar-refractivity contribution >= 4 is 45.1 Å². The van der Waals surface area contributed by atoms with E-state index in [0.717, 1.165) is 20.9 Å². The van der Waals surface area contributed by atoms with Crippen LogP contribution in [-0.2, 0) is 0 Å². The van der Waals surface area contributed by atoms with Crippen molar-refractivity contribution in [3.8, 4) is 11.4 Å². The minimum Gasteiger partial charge on any atom is -0.383 e. The molecule has 3 aromatic rings. The first kappa shape index (κ1) is 13.8. The molecule has 3 rings (SSSR count). The largest absolute Gasteiger partial charge is 0.383 e. The van der Waals surface area contributed by atoms with Crippen molar-refractivity contribution in [2.45, 2.75) is 0 Å². The van der Waals surface area contributed by atoms with Crippen LogP contribution in [0.25, 0.3) is 22.3 Å². The second-order valence-electron chi connectivity index (χ2n) is 3.96. The fourth-order valence-electron chi connectivity index (χ4n) is 1.86. The summed E-state index contributed by atoms with van der Waals surface area (Å²) >= 11 is 3.44. The van der Waals surface area contributed by atoms with E-state index in [1.165, 1.54) is 0 Å². The van der Waals surface area contributed by atoms with Gasteiger partial charge < -0.3 is 5.73 Å². The molecule has 0 fully saturated rings. The molecule has 0 atom stereocenters. The van der Waals surface area contributed by atoms with Gasteiger partial charge in [-0.25, -0.2) is 9.97 Å². The van der Waals surface area contributed by atoms with Gasteiger partial charge in [0.25, 0.3) is 0 Å². The summed E-state index contributed by atoms with van der Waals surface area (Å²) in [5.74, 6) is 1.16. The van der Waals surface area contributed by atoms with E-state index in [9.17, 15) is 0 Å².